The third-order valence-corrected chi connectivity index (χ3v) is 6.77. The van der Waals surface area contributed by atoms with Crippen LogP contribution in [-0.2, 0) is 25.0 Å². The summed E-state index contributed by atoms with van der Waals surface area (Å²) in [6.45, 7) is 6.30. The lowest BCUT2D eigenvalue weighted by atomic mass is 9.86. The lowest BCUT2D eigenvalue weighted by molar-refractivity contribution is 0.0283. The minimum absolute atomic E-state index is 0.0974. The number of hydrogen-bond donors (Lipinski definition) is 2. The first kappa shape index (κ1) is 20.8. The highest BCUT2D eigenvalue weighted by Gasteiger charge is 2.25. The van der Waals surface area contributed by atoms with Gasteiger partial charge in [0.1, 0.15) is 0 Å². The molecule has 0 bridgehead atoms. The molecular weight excluding hydrogens is 364 g/mol. The van der Waals surface area contributed by atoms with Crippen molar-refractivity contribution >= 4 is 11.3 Å². The minimum Gasteiger partial charge on any atom is -0.392 e. The molecule has 0 unspecified atom stereocenters. The monoisotopic (exact) mass is 394 g/mol. The van der Waals surface area contributed by atoms with Crippen LogP contribution in [0.4, 0.5) is 0 Å². The molecular formula is C25H30O2S. The van der Waals surface area contributed by atoms with Crippen LogP contribution < -0.4 is 0 Å². The quantitative estimate of drug-likeness (QED) is 0.491. The second kappa shape index (κ2) is 9.04. The van der Waals surface area contributed by atoms with Gasteiger partial charge in [-0.1, -0.05) is 56.3 Å². The van der Waals surface area contributed by atoms with Gasteiger partial charge in [-0.3, -0.25) is 0 Å². The van der Waals surface area contributed by atoms with E-state index in [2.05, 4.69) is 48.7 Å². The summed E-state index contributed by atoms with van der Waals surface area (Å²) in [7, 11) is 0. The molecule has 3 heteroatoms. The maximum absolute atomic E-state index is 10.8. The average molecular weight is 395 g/mol. The number of aryl methyl sites for hydroxylation is 3. The van der Waals surface area contributed by atoms with E-state index in [1.165, 1.54) is 27.1 Å². The SMILES string of the molecule is CCC(O)(CC)c1ccc(-c2cc(CCc3ccc(CO)cc3)cs2)c(C)c1. The van der Waals surface area contributed by atoms with Gasteiger partial charge in [0.25, 0.3) is 0 Å². The molecule has 2 N–H and O–H groups in total. The van der Waals surface area contributed by atoms with Gasteiger partial charge in [0.15, 0.2) is 0 Å². The number of hydrogen-bond acceptors (Lipinski definition) is 3. The third kappa shape index (κ3) is 4.54. The summed E-state index contributed by atoms with van der Waals surface area (Å²) in [5.74, 6) is 0. The van der Waals surface area contributed by atoms with Crippen molar-refractivity contribution in [2.45, 2.75) is 58.7 Å². The van der Waals surface area contributed by atoms with Gasteiger partial charge in [0, 0.05) is 4.88 Å². The highest BCUT2D eigenvalue weighted by atomic mass is 32.1. The lowest BCUT2D eigenvalue weighted by Gasteiger charge is -2.26. The first-order chi connectivity index (χ1) is 13.5. The van der Waals surface area contributed by atoms with Crippen molar-refractivity contribution in [1.82, 2.24) is 0 Å². The van der Waals surface area contributed by atoms with Crippen molar-refractivity contribution in [1.29, 1.82) is 0 Å². The summed E-state index contributed by atoms with van der Waals surface area (Å²) < 4.78 is 0. The lowest BCUT2D eigenvalue weighted by Crippen LogP contribution is -2.23. The zero-order valence-electron chi connectivity index (χ0n) is 17.0. The van der Waals surface area contributed by atoms with Crippen LogP contribution in [0.25, 0.3) is 10.4 Å². The normalized spacial score (nSPS) is 11.8. The summed E-state index contributed by atoms with van der Waals surface area (Å²) in [4.78, 5) is 1.28. The van der Waals surface area contributed by atoms with Crippen LogP contribution in [0.3, 0.4) is 0 Å². The second-order valence-corrected chi connectivity index (χ2v) is 8.47. The smallest absolute Gasteiger partial charge is 0.0891 e. The van der Waals surface area contributed by atoms with E-state index in [0.29, 0.717) is 0 Å². The van der Waals surface area contributed by atoms with Gasteiger partial charge in [-0.2, -0.15) is 0 Å². The van der Waals surface area contributed by atoms with Crippen molar-refractivity contribution in [3.63, 3.8) is 0 Å². The highest BCUT2D eigenvalue weighted by molar-refractivity contribution is 7.13. The fourth-order valence-electron chi connectivity index (χ4n) is 3.64. The van der Waals surface area contributed by atoms with Crippen LogP contribution in [0.1, 0.15) is 54.5 Å². The Labute approximate surface area is 172 Å². The van der Waals surface area contributed by atoms with Crippen LogP contribution in [0, 0.1) is 6.92 Å². The third-order valence-electron chi connectivity index (χ3n) is 5.76. The summed E-state index contributed by atoms with van der Waals surface area (Å²) in [6.07, 6.45) is 3.47. The Bertz CT molecular complexity index is 905. The molecule has 0 aliphatic heterocycles. The van der Waals surface area contributed by atoms with E-state index >= 15 is 0 Å². The van der Waals surface area contributed by atoms with Gasteiger partial charge >= 0.3 is 0 Å². The summed E-state index contributed by atoms with van der Waals surface area (Å²) in [6, 6.07) is 16.9. The van der Waals surface area contributed by atoms with Crippen molar-refractivity contribution in [3.05, 3.63) is 81.7 Å². The molecule has 0 aliphatic rings. The Hall–Kier alpha value is -1.94. The molecule has 1 aromatic heterocycles. The molecule has 0 saturated heterocycles. The molecule has 2 nitrogen and oxygen atoms in total. The molecule has 0 radical (unpaired) electrons. The summed E-state index contributed by atoms with van der Waals surface area (Å²) >= 11 is 1.79. The van der Waals surface area contributed by atoms with E-state index in [-0.39, 0.29) is 6.61 Å². The number of rotatable bonds is 8. The minimum atomic E-state index is -0.727. The van der Waals surface area contributed by atoms with Crippen molar-refractivity contribution in [2.75, 3.05) is 0 Å². The molecule has 28 heavy (non-hydrogen) atoms. The zero-order chi connectivity index (χ0) is 20.1. The molecule has 3 rings (SSSR count). The Balaban J connectivity index is 1.72. The standard InChI is InChI=1S/C25H30O2S/c1-4-25(27,5-2)22-12-13-23(18(3)14-22)24-15-21(17-28-24)11-8-19-6-9-20(16-26)10-7-19/h6-7,9-10,12-15,17,26-27H,4-5,8,11,16H2,1-3H3. The van der Waals surface area contributed by atoms with E-state index in [9.17, 15) is 5.11 Å². The number of benzene rings is 2. The van der Waals surface area contributed by atoms with Gasteiger partial charge in [0.2, 0.25) is 0 Å². The van der Waals surface area contributed by atoms with Gasteiger partial charge in [-0.25, -0.2) is 0 Å². The molecule has 0 fully saturated rings. The van der Waals surface area contributed by atoms with E-state index in [1.807, 2.05) is 26.0 Å². The number of aliphatic hydroxyl groups excluding tert-OH is 1. The molecule has 0 aliphatic carbocycles. The van der Waals surface area contributed by atoms with Gasteiger partial charge in [0.05, 0.1) is 12.2 Å². The van der Waals surface area contributed by atoms with E-state index < -0.39 is 5.60 Å². The molecule has 0 spiro atoms. The molecule has 0 amide bonds. The van der Waals surface area contributed by atoms with E-state index in [1.54, 1.807) is 11.3 Å². The number of aliphatic hydroxyl groups is 2. The van der Waals surface area contributed by atoms with Crippen molar-refractivity contribution in [2.24, 2.45) is 0 Å². The summed E-state index contributed by atoms with van der Waals surface area (Å²) in [5.41, 5.74) is 6.36. The molecule has 0 saturated carbocycles. The highest BCUT2D eigenvalue weighted by Crippen LogP contribution is 2.35. The Morgan fingerprint density at radius 1 is 0.857 bits per heavy atom. The maximum Gasteiger partial charge on any atom is 0.0891 e. The van der Waals surface area contributed by atoms with Gasteiger partial charge < -0.3 is 10.2 Å². The predicted molar refractivity (Wildman–Crippen MR) is 119 cm³/mol. The van der Waals surface area contributed by atoms with Crippen LogP contribution in [0.2, 0.25) is 0 Å². The topological polar surface area (TPSA) is 40.5 Å². The fourth-order valence-corrected chi connectivity index (χ4v) is 4.68. The second-order valence-electron chi connectivity index (χ2n) is 7.56. The van der Waals surface area contributed by atoms with Crippen LogP contribution in [0.5, 0.6) is 0 Å². The maximum atomic E-state index is 10.8. The zero-order valence-corrected chi connectivity index (χ0v) is 17.9. The first-order valence-corrected chi connectivity index (χ1v) is 11.0. The Kier molecular flexibility index (Phi) is 6.71. The Morgan fingerprint density at radius 2 is 1.50 bits per heavy atom. The van der Waals surface area contributed by atoms with E-state index in [4.69, 9.17) is 5.11 Å². The molecule has 1 heterocycles. The van der Waals surface area contributed by atoms with Crippen LogP contribution in [0.15, 0.2) is 53.9 Å². The van der Waals surface area contributed by atoms with Crippen molar-refractivity contribution < 1.29 is 10.2 Å². The predicted octanol–water partition coefficient (Wildman–Crippen LogP) is 6.01. The van der Waals surface area contributed by atoms with Crippen LogP contribution >= 0.6 is 11.3 Å². The van der Waals surface area contributed by atoms with Gasteiger partial charge in [-0.05, 0) is 77.4 Å². The van der Waals surface area contributed by atoms with Gasteiger partial charge in [-0.15, -0.1) is 11.3 Å². The van der Waals surface area contributed by atoms with Crippen LogP contribution in [-0.4, -0.2) is 10.2 Å². The fraction of sp³-hybridized carbons (Fsp3) is 0.360. The van der Waals surface area contributed by atoms with Crippen molar-refractivity contribution in [3.8, 4) is 10.4 Å². The summed E-state index contributed by atoms with van der Waals surface area (Å²) in [5, 5.41) is 22.2. The average Bonchev–Trinajstić information content (AvgIpc) is 3.20. The number of thiophene rings is 1. The Morgan fingerprint density at radius 3 is 2.11 bits per heavy atom. The molecule has 0 atom stereocenters. The largest absolute Gasteiger partial charge is 0.392 e. The molecule has 2 aromatic carbocycles. The first-order valence-electron chi connectivity index (χ1n) is 10.1. The molecule has 148 valence electrons. The van der Waals surface area contributed by atoms with E-state index in [0.717, 1.165) is 36.8 Å². The molecule has 3 aromatic rings.